The molecule has 0 saturated heterocycles. The lowest BCUT2D eigenvalue weighted by atomic mass is 9.99. The molecule has 0 aliphatic rings. The fraction of sp³-hybridized carbons (Fsp3) is 0.500. The summed E-state index contributed by atoms with van der Waals surface area (Å²) in [6.07, 6.45) is 3.31. The first-order valence-corrected chi connectivity index (χ1v) is 5.04. The Balaban J connectivity index is 2.58. The highest BCUT2D eigenvalue weighted by Gasteiger charge is 2.03. The molecule has 1 rings (SSSR count). The van der Waals surface area contributed by atoms with Crippen LogP contribution in [0.3, 0.4) is 0 Å². The Morgan fingerprint density at radius 1 is 1.31 bits per heavy atom. The van der Waals surface area contributed by atoms with E-state index < -0.39 is 0 Å². The second-order valence-electron chi connectivity index (χ2n) is 3.68. The van der Waals surface area contributed by atoms with Crippen LogP contribution in [-0.4, -0.2) is 6.04 Å². The molecule has 1 nitrogen and oxygen atoms in total. The van der Waals surface area contributed by atoms with Crippen molar-refractivity contribution >= 4 is 0 Å². The lowest BCUT2D eigenvalue weighted by Gasteiger charge is -2.11. The Morgan fingerprint density at radius 3 is 2.62 bits per heavy atom. The second-order valence-corrected chi connectivity index (χ2v) is 3.68. The molecule has 0 spiro atoms. The molecular formula is C12H19N. The maximum atomic E-state index is 5.99. The zero-order chi connectivity index (χ0) is 9.68. The van der Waals surface area contributed by atoms with Crippen molar-refractivity contribution in [2.24, 2.45) is 5.73 Å². The minimum Gasteiger partial charge on any atom is -0.327 e. The van der Waals surface area contributed by atoms with Gasteiger partial charge in [0, 0.05) is 6.04 Å². The van der Waals surface area contributed by atoms with Crippen molar-refractivity contribution in [3.63, 3.8) is 0 Å². The van der Waals surface area contributed by atoms with Crippen molar-refractivity contribution in [1.29, 1.82) is 0 Å². The first kappa shape index (κ1) is 10.3. The minimum absolute atomic E-state index is 0.325. The van der Waals surface area contributed by atoms with Crippen molar-refractivity contribution in [3.8, 4) is 0 Å². The van der Waals surface area contributed by atoms with E-state index in [9.17, 15) is 0 Å². The molecule has 1 aromatic carbocycles. The van der Waals surface area contributed by atoms with Crippen molar-refractivity contribution in [3.05, 3.63) is 35.4 Å². The highest BCUT2D eigenvalue weighted by Crippen LogP contribution is 2.10. The van der Waals surface area contributed by atoms with Gasteiger partial charge in [-0.05, 0) is 30.9 Å². The summed E-state index contributed by atoms with van der Waals surface area (Å²) in [5.41, 5.74) is 8.73. The van der Waals surface area contributed by atoms with Crippen molar-refractivity contribution in [2.75, 3.05) is 0 Å². The summed E-state index contributed by atoms with van der Waals surface area (Å²) in [7, 11) is 0. The molecule has 0 bridgehead atoms. The molecule has 1 atom stereocenters. The van der Waals surface area contributed by atoms with Gasteiger partial charge >= 0.3 is 0 Å². The average Bonchev–Trinajstić information content (AvgIpc) is 2.09. The quantitative estimate of drug-likeness (QED) is 0.751. The molecule has 0 unspecified atom stereocenters. The van der Waals surface area contributed by atoms with Crippen LogP contribution in [0.15, 0.2) is 24.3 Å². The second kappa shape index (κ2) is 5.03. The Labute approximate surface area is 81.0 Å². The summed E-state index contributed by atoms with van der Waals surface area (Å²) in [5, 5.41) is 0. The van der Waals surface area contributed by atoms with E-state index in [1.165, 1.54) is 17.5 Å². The van der Waals surface area contributed by atoms with E-state index in [1.807, 2.05) is 0 Å². The number of rotatable bonds is 4. The van der Waals surface area contributed by atoms with Crippen LogP contribution in [-0.2, 0) is 6.42 Å². The van der Waals surface area contributed by atoms with Crippen LogP contribution in [0.2, 0.25) is 0 Å². The van der Waals surface area contributed by atoms with Gasteiger partial charge in [0.1, 0.15) is 0 Å². The Morgan fingerprint density at radius 2 is 2.00 bits per heavy atom. The van der Waals surface area contributed by atoms with Crippen molar-refractivity contribution in [1.82, 2.24) is 0 Å². The topological polar surface area (TPSA) is 26.0 Å². The largest absolute Gasteiger partial charge is 0.327 e. The molecule has 13 heavy (non-hydrogen) atoms. The van der Waals surface area contributed by atoms with Crippen LogP contribution in [0.25, 0.3) is 0 Å². The summed E-state index contributed by atoms with van der Waals surface area (Å²) < 4.78 is 0. The Hall–Kier alpha value is -0.820. The maximum absolute atomic E-state index is 5.99. The van der Waals surface area contributed by atoms with Gasteiger partial charge < -0.3 is 5.73 Å². The average molecular weight is 177 g/mol. The molecule has 0 heterocycles. The van der Waals surface area contributed by atoms with Gasteiger partial charge in [-0.25, -0.2) is 0 Å². The smallest absolute Gasteiger partial charge is 0.00793 e. The van der Waals surface area contributed by atoms with Gasteiger partial charge in [-0.1, -0.05) is 37.6 Å². The molecule has 0 amide bonds. The zero-order valence-electron chi connectivity index (χ0n) is 8.59. The van der Waals surface area contributed by atoms with E-state index in [0.717, 1.165) is 12.8 Å². The normalized spacial score (nSPS) is 12.8. The first-order valence-electron chi connectivity index (χ1n) is 5.04. The Kier molecular flexibility index (Phi) is 3.97. The van der Waals surface area contributed by atoms with Gasteiger partial charge in [0.15, 0.2) is 0 Å². The van der Waals surface area contributed by atoms with Crippen LogP contribution >= 0.6 is 0 Å². The van der Waals surface area contributed by atoms with Gasteiger partial charge in [0.05, 0.1) is 0 Å². The Bertz CT molecular complexity index is 255. The third-order valence-corrected chi connectivity index (χ3v) is 2.40. The van der Waals surface area contributed by atoms with Crippen molar-refractivity contribution in [2.45, 2.75) is 39.2 Å². The molecule has 0 radical (unpaired) electrons. The van der Waals surface area contributed by atoms with Crippen LogP contribution < -0.4 is 5.73 Å². The van der Waals surface area contributed by atoms with Crippen LogP contribution in [0.5, 0.6) is 0 Å². The molecule has 0 aromatic heterocycles. The van der Waals surface area contributed by atoms with E-state index in [-0.39, 0.29) is 0 Å². The maximum Gasteiger partial charge on any atom is 0.00793 e. The monoisotopic (exact) mass is 177 g/mol. The van der Waals surface area contributed by atoms with Gasteiger partial charge in [0.2, 0.25) is 0 Å². The standard InChI is InChI=1S/C12H19N/c1-3-6-12(13)9-11-8-5-4-7-10(11)2/h4-5,7-8,12H,3,6,9,13H2,1-2H3/t12-/m1/s1. The summed E-state index contributed by atoms with van der Waals surface area (Å²) in [6, 6.07) is 8.80. The lowest BCUT2D eigenvalue weighted by molar-refractivity contribution is 0.599. The predicted octanol–water partition coefficient (Wildman–Crippen LogP) is 2.66. The number of hydrogen-bond acceptors (Lipinski definition) is 1. The van der Waals surface area contributed by atoms with Crippen LogP contribution in [0, 0.1) is 6.92 Å². The van der Waals surface area contributed by atoms with Crippen LogP contribution in [0.4, 0.5) is 0 Å². The molecule has 0 fully saturated rings. The summed E-state index contributed by atoms with van der Waals surface area (Å²) in [4.78, 5) is 0. The fourth-order valence-corrected chi connectivity index (χ4v) is 1.59. The number of hydrogen-bond donors (Lipinski definition) is 1. The molecular weight excluding hydrogens is 158 g/mol. The van der Waals surface area contributed by atoms with Gasteiger partial charge in [-0.15, -0.1) is 0 Å². The first-order chi connectivity index (χ1) is 6.24. The summed E-state index contributed by atoms with van der Waals surface area (Å²) in [5.74, 6) is 0. The van der Waals surface area contributed by atoms with E-state index in [1.54, 1.807) is 0 Å². The zero-order valence-corrected chi connectivity index (χ0v) is 8.59. The highest BCUT2D eigenvalue weighted by atomic mass is 14.6. The van der Waals surface area contributed by atoms with Gasteiger partial charge in [0.25, 0.3) is 0 Å². The van der Waals surface area contributed by atoms with E-state index >= 15 is 0 Å². The number of nitrogens with two attached hydrogens (primary N) is 1. The van der Waals surface area contributed by atoms with Crippen molar-refractivity contribution < 1.29 is 0 Å². The lowest BCUT2D eigenvalue weighted by Crippen LogP contribution is -2.22. The predicted molar refractivity (Wildman–Crippen MR) is 57.8 cm³/mol. The molecule has 0 saturated carbocycles. The molecule has 72 valence electrons. The third-order valence-electron chi connectivity index (χ3n) is 2.40. The van der Waals surface area contributed by atoms with E-state index in [2.05, 4.69) is 38.1 Å². The number of aryl methyl sites for hydroxylation is 1. The molecule has 1 aromatic rings. The minimum atomic E-state index is 0.325. The summed E-state index contributed by atoms with van der Waals surface area (Å²) >= 11 is 0. The van der Waals surface area contributed by atoms with Gasteiger partial charge in [-0.3, -0.25) is 0 Å². The number of benzene rings is 1. The van der Waals surface area contributed by atoms with E-state index in [0.29, 0.717) is 6.04 Å². The fourth-order valence-electron chi connectivity index (χ4n) is 1.59. The SMILES string of the molecule is CCC[C@@H](N)Cc1ccccc1C. The molecule has 0 aliphatic carbocycles. The molecule has 0 aliphatic heterocycles. The van der Waals surface area contributed by atoms with Crippen LogP contribution in [0.1, 0.15) is 30.9 Å². The molecule has 2 N–H and O–H groups in total. The highest BCUT2D eigenvalue weighted by molar-refractivity contribution is 5.26. The molecule has 1 heteroatoms. The van der Waals surface area contributed by atoms with E-state index in [4.69, 9.17) is 5.73 Å². The summed E-state index contributed by atoms with van der Waals surface area (Å²) in [6.45, 7) is 4.33. The van der Waals surface area contributed by atoms with Gasteiger partial charge in [-0.2, -0.15) is 0 Å². The third kappa shape index (κ3) is 3.19.